The summed E-state index contributed by atoms with van der Waals surface area (Å²) in [6, 6.07) is 16.8. The van der Waals surface area contributed by atoms with Crippen molar-refractivity contribution in [2.75, 3.05) is 17.2 Å². The van der Waals surface area contributed by atoms with Gasteiger partial charge in [0.15, 0.2) is 0 Å². The molecule has 7 nitrogen and oxygen atoms in total. The molecule has 0 aromatic heterocycles. The highest BCUT2D eigenvalue weighted by Gasteiger charge is 2.30. The van der Waals surface area contributed by atoms with Gasteiger partial charge in [0.25, 0.3) is 5.91 Å². The van der Waals surface area contributed by atoms with Gasteiger partial charge in [-0.1, -0.05) is 19.4 Å². The van der Waals surface area contributed by atoms with Crippen molar-refractivity contribution in [1.82, 2.24) is 5.43 Å². The van der Waals surface area contributed by atoms with E-state index in [0.717, 1.165) is 36.3 Å². The number of halogens is 3. The van der Waals surface area contributed by atoms with Crippen LogP contribution < -0.4 is 20.8 Å². The van der Waals surface area contributed by atoms with Gasteiger partial charge in [-0.15, -0.1) is 0 Å². The van der Waals surface area contributed by atoms with Gasteiger partial charge in [0.1, 0.15) is 5.75 Å². The molecule has 3 aromatic rings. The summed E-state index contributed by atoms with van der Waals surface area (Å²) in [5.41, 5.74) is 2.98. The molecule has 0 radical (unpaired) electrons. The summed E-state index contributed by atoms with van der Waals surface area (Å²) in [5.74, 6) is 0.313. The van der Waals surface area contributed by atoms with E-state index >= 15 is 0 Å². The largest absolute Gasteiger partial charge is 0.494 e. The molecule has 3 amide bonds. The molecule has 0 aliphatic heterocycles. The van der Waals surface area contributed by atoms with Crippen molar-refractivity contribution in [1.29, 1.82) is 0 Å². The minimum Gasteiger partial charge on any atom is -0.494 e. The van der Waals surface area contributed by atoms with Crippen LogP contribution in [0.4, 0.5) is 29.3 Å². The van der Waals surface area contributed by atoms with Gasteiger partial charge in [0.05, 0.1) is 18.4 Å². The molecule has 0 heterocycles. The van der Waals surface area contributed by atoms with Gasteiger partial charge >= 0.3 is 12.2 Å². The van der Waals surface area contributed by atoms with Crippen molar-refractivity contribution in [3.63, 3.8) is 0 Å². The quantitative estimate of drug-likeness (QED) is 0.184. The summed E-state index contributed by atoms with van der Waals surface area (Å²) >= 11 is 0. The van der Waals surface area contributed by atoms with Crippen LogP contribution in [0.3, 0.4) is 0 Å². The normalized spacial score (nSPS) is 11.2. The molecule has 3 rings (SSSR count). The van der Waals surface area contributed by atoms with E-state index in [-0.39, 0.29) is 5.69 Å². The van der Waals surface area contributed by atoms with Gasteiger partial charge in [0, 0.05) is 16.9 Å². The number of anilines is 2. The zero-order chi connectivity index (χ0) is 26.0. The fraction of sp³-hybridized carbons (Fsp3) is 0.192. The van der Waals surface area contributed by atoms with Crippen LogP contribution in [0.1, 0.15) is 41.3 Å². The monoisotopic (exact) mass is 498 g/mol. The Morgan fingerprint density at radius 3 is 2.31 bits per heavy atom. The number of amides is 3. The Balaban J connectivity index is 1.49. The molecule has 0 saturated heterocycles. The van der Waals surface area contributed by atoms with Crippen LogP contribution in [0.5, 0.6) is 5.75 Å². The number of hydrogen-bond donors (Lipinski definition) is 3. The predicted molar refractivity (Wildman–Crippen MR) is 132 cm³/mol. The number of benzene rings is 3. The molecule has 0 bridgehead atoms. The number of nitrogens with zero attached hydrogens (tertiary/aromatic N) is 1. The maximum Gasteiger partial charge on any atom is 0.416 e. The third kappa shape index (κ3) is 8.15. The summed E-state index contributed by atoms with van der Waals surface area (Å²) in [4.78, 5) is 24.4. The van der Waals surface area contributed by atoms with Crippen molar-refractivity contribution < 1.29 is 27.5 Å². The molecule has 188 valence electrons. The zero-order valence-electron chi connectivity index (χ0n) is 19.4. The first-order valence-electron chi connectivity index (χ1n) is 11.2. The second-order valence-corrected chi connectivity index (χ2v) is 7.71. The first kappa shape index (κ1) is 26.3. The number of unbranched alkanes of at least 4 members (excludes halogenated alkanes) is 1. The van der Waals surface area contributed by atoms with Gasteiger partial charge < -0.3 is 15.4 Å². The average Bonchev–Trinajstić information content (AvgIpc) is 2.85. The highest BCUT2D eigenvalue weighted by molar-refractivity contribution is 6.00. The molecule has 0 aliphatic carbocycles. The third-order valence-corrected chi connectivity index (χ3v) is 4.88. The molecule has 0 fully saturated rings. The van der Waals surface area contributed by atoms with Crippen molar-refractivity contribution >= 4 is 29.5 Å². The van der Waals surface area contributed by atoms with Gasteiger partial charge in [-0.3, -0.25) is 4.79 Å². The molecule has 0 atom stereocenters. The topological polar surface area (TPSA) is 91.8 Å². The summed E-state index contributed by atoms with van der Waals surface area (Å²) in [6.45, 7) is 2.75. The minimum atomic E-state index is -4.51. The molecule has 0 aliphatic rings. The summed E-state index contributed by atoms with van der Waals surface area (Å²) in [6.07, 6.45) is -0.967. The van der Waals surface area contributed by atoms with Crippen molar-refractivity contribution in [3.8, 4) is 5.75 Å². The number of alkyl halides is 3. The summed E-state index contributed by atoms with van der Waals surface area (Å²) in [7, 11) is 0. The first-order valence-corrected chi connectivity index (χ1v) is 11.2. The molecule has 36 heavy (non-hydrogen) atoms. The van der Waals surface area contributed by atoms with Crippen molar-refractivity contribution in [2.45, 2.75) is 25.9 Å². The summed E-state index contributed by atoms with van der Waals surface area (Å²) < 4.78 is 44.0. The fourth-order valence-corrected chi connectivity index (χ4v) is 2.99. The highest BCUT2D eigenvalue weighted by Crippen LogP contribution is 2.30. The molecule has 0 unspecified atom stereocenters. The number of nitrogens with one attached hydrogen (secondary N) is 3. The number of hydrogen-bond acceptors (Lipinski definition) is 4. The average molecular weight is 499 g/mol. The van der Waals surface area contributed by atoms with Gasteiger partial charge in [-0.2, -0.15) is 18.3 Å². The molecule has 3 N–H and O–H groups in total. The van der Waals surface area contributed by atoms with Crippen LogP contribution in [0.15, 0.2) is 77.9 Å². The van der Waals surface area contributed by atoms with E-state index in [1.807, 2.05) is 24.3 Å². The van der Waals surface area contributed by atoms with E-state index in [1.54, 1.807) is 0 Å². The minimum absolute atomic E-state index is 0.00477. The van der Waals surface area contributed by atoms with Crippen LogP contribution in [-0.2, 0) is 6.18 Å². The SMILES string of the molecule is CCCCOc1ccc(C=NNC(=O)c2ccc(NC(=O)Nc3cccc(C(F)(F)F)c3)cc2)cc1. The number of carbonyl (C=O) groups excluding carboxylic acids is 2. The molecular formula is C26H25F3N4O3. The van der Waals surface area contributed by atoms with Crippen LogP contribution >= 0.6 is 0 Å². The predicted octanol–water partition coefficient (Wildman–Crippen LogP) is 6.29. The van der Waals surface area contributed by atoms with Crippen LogP contribution in [0.2, 0.25) is 0 Å². The van der Waals surface area contributed by atoms with E-state index in [0.29, 0.717) is 17.9 Å². The number of carbonyl (C=O) groups is 2. The standard InChI is InChI=1S/C26H25F3N4O3/c1-2-3-15-36-23-13-7-18(8-14-23)17-30-33-24(34)19-9-11-21(12-10-19)31-25(35)32-22-6-4-5-20(16-22)26(27,28)29/h4-14,16-17H,2-3,15H2,1H3,(H,33,34)(H2,31,32,35). The highest BCUT2D eigenvalue weighted by atomic mass is 19.4. The second-order valence-electron chi connectivity index (χ2n) is 7.71. The molecular weight excluding hydrogens is 473 g/mol. The van der Waals surface area contributed by atoms with Crippen LogP contribution in [-0.4, -0.2) is 24.8 Å². The van der Waals surface area contributed by atoms with E-state index in [1.165, 1.54) is 42.6 Å². The Bertz CT molecular complexity index is 1190. The van der Waals surface area contributed by atoms with Gasteiger partial charge in [-0.25, -0.2) is 10.2 Å². The smallest absolute Gasteiger partial charge is 0.416 e. The third-order valence-electron chi connectivity index (χ3n) is 4.88. The van der Waals surface area contributed by atoms with Gasteiger partial charge in [0.2, 0.25) is 0 Å². The number of rotatable bonds is 9. The molecule has 0 saturated carbocycles. The number of ether oxygens (including phenoxy) is 1. The van der Waals surface area contributed by atoms with E-state index < -0.39 is 23.7 Å². The van der Waals surface area contributed by atoms with E-state index in [4.69, 9.17) is 4.74 Å². The Morgan fingerprint density at radius 1 is 0.944 bits per heavy atom. The Kier molecular flexibility index (Phi) is 9.04. The second kappa shape index (κ2) is 12.4. The lowest BCUT2D eigenvalue weighted by molar-refractivity contribution is -0.137. The van der Waals surface area contributed by atoms with E-state index in [9.17, 15) is 22.8 Å². The Hall–Kier alpha value is -4.34. The maximum absolute atomic E-state index is 12.8. The summed E-state index contributed by atoms with van der Waals surface area (Å²) in [5, 5.41) is 8.78. The lowest BCUT2D eigenvalue weighted by atomic mass is 10.2. The number of urea groups is 1. The maximum atomic E-state index is 12.8. The van der Waals surface area contributed by atoms with Gasteiger partial charge in [-0.05, 0) is 78.7 Å². The Labute approximate surface area is 206 Å². The van der Waals surface area contributed by atoms with Crippen molar-refractivity contribution in [2.24, 2.45) is 5.10 Å². The zero-order valence-corrected chi connectivity index (χ0v) is 19.4. The molecule has 0 spiro atoms. The lowest BCUT2D eigenvalue weighted by Gasteiger charge is -2.11. The van der Waals surface area contributed by atoms with E-state index in [2.05, 4.69) is 28.1 Å². The lowest BCUT2D eigenvalue weighted by Crippen LogP contribution is -2.20. The van der Waals surface area contributed by atoms with Crippen LogP contribution in [0.25, 0.3) is 0 Å². The molecule has 3 aromatic carbocycles. The Morgan fingerprint density at radius 2 is 1.64 bits per heavy atom. The molecule has 10 heteroatoms. The first-order chi connectivity index (χ1) is 17.2. The van der Waals surface area contributed by atoms with Crippen LogP contribution in [0, 0.1) is 0 Å². The van der Waals surface area contributed by atoms with Crippen molar-refractivity contribution in [3.05, 3.63) is 89.5 Å². The number of hydrazone groups is 1. The fourth-order valence-electron chi connectivity index (χ4n) is 2.99.